The highest BCUT2D eigenvalue weighted by Gasteiger charge is 2.41. The van der Waals surface area contributed by atoms with E-state index in [4.69, 9.17) is 44.3 Å². The molecule has 0 saturated heterocycles. The number of halogens is 3. The molecule has 0 saturated carbocycles. The van der Waals surface area contributed by atoms with Gasteiger partial charge in [-0.1, -0.05) is 58.2 Å². The summed E-state index contributed by atoms with van der Waals surface area (Å²) in [6, 6.07) is 16.7. The Bertz CT molecular complexity index is 1700. The molecule has 40 heavy (non-hydrogen) atoms. The van der Waals surface area contributed by atoms with E-state index in [9.17, 15) is 9.82 Å². The summed E-state index contributed by atoms with van der Waals surface area (Å²) in [6.45, 7) is 6.06. The molecule has 204 valence electrons. The number of amides is 1. The Morgan fingerprint density at radius 1 is 1.10 bits per heavy atom. The monoisotopic (exact) mass is 595 g/mol. The molecule has 2 aromatic heterocycles. The molecule has 2 aliphatic heterocycles. The Morgan fingerprint density at radius 2 is 1.85 bits per heavy atom. The van der Waals surface area contributed by atoms with Gasteiger partial charge in [0.05, 0.1) is 31.9 Å². The van der Waals surface area contributed by atoms with Gasteiger partial charge in [-0.15, -0.1) is 0 Å². The molecule has 0 aliphatic carbocycles. The first kappa shape index (κ1) is 27.2. The number of nitrogens with one attached hydrogen (secondary N) is 1. The fourth-order valence-corrected chi connectivity index (χ4v) is 6.02. The molecule has 1 atom stereocenters. The number of carbonyl (C=O) groups is 1. The van der Waals surface area contributed by atoms with Gasteiger partial charge in [0.15, 0.2) is 5.60 Å². The maximum atomic E-state index is 13.2. The minimum absolute atomic E-state index is 0.231. The van der Waals surface area contributed by atoms with Gasteiger partial charge < -0.3 is 24.2 Å². The largest absolute Gasteiger partial charge is 0.492 e. The molecule has 2 N–H and O–H groups in total. The number of benzene rings is 2. The van der Waals surface area contributed by atoms with Gasteiger partial charge >= 0.3 is 7.12 Å². The first-order valence-corrected chi connectivity index (χ1v) is 13.9. The Morgan fingerprint density at radius 3 is 2.60 bits per heavy atom. The molecule has 0 fully saturated rings. The molecular formula is C29H25BCl3N3O4. The zero-order valence-electron chi connectivity index (χ0n) is 22.0. The van der Waals surface area contributed by atoms with Crippen molar-refractivity contribution in [2.24, 2.45) is 5.16 Å². The van der Waals surface area contributed by atoms with Crippen molar-refractivity contribution < 1.29 is 19.3 Å². The number of nitrogens with zero attached hydrogens (tertiary/aromatic N) is 2. The van der Waals surface area contributed by atoms with Crippen LogP contribution in [0.5, 0.6) is 0 Å². The van der Waals surface area contributed by atoms with Crippen LogP contribution in [-0.2, 0) is 27.2 Å². The maximum absolute atomic E-state index is 13.2. The summed E-state index contributed by atoms with van der Waals surface area (Å²) < 4.78 is 7.48. The summed E-state index contributed by atoms with van der Waals surface area (Å²) in [5.41, 5.74) is 4.86. The molecule has 7 nitrogen and oxygen atoms in total. The van der Waals surface area contributed by atoms with E-state index in [0.29, 0.717) is 33.7 Å². The molecule has 1 amide bonds. The minimum Gasteiger partial charge on any atom is -0.423 e. The van der Waals surface area contributed by atoms with Crippen molar-refractivity contribution in [3.8, 4) is 0 Å². The molecule has 4 aromatic rings. The summed E-state index contributed by atoms with van der Waals surface area (Å²) in [5, 5.41) is 18.7. The van der Waals surface area contributed by atoms with Crippen molar-refractivity contribution in [1.82, 2.24) is 9.72 Å². The van der Waals surface area contributed by atoms with Crippen LogP contribution < -0.4 is 10.8 Å². The molecule has 2 aromatic carbocycles. The molecular weight excluding hydrogens is 572 g/mol. The summed E-state index contributed by atoms with van der Waals surface area (Å²) in [4.78, 5) is 19.1. The minimum atomic E-state index is -0.981. The first-order valence-electron chi connectivity index (χ1n) is 12.7. The number of pyridine rings is 1. The average Bonchev–Trinajstić information content (AvgIpc) is 3.62. The Hall–Kier alpha value is -3.01. The second-order valence-electron chi connectivity index (χ2n) is 10.8. The molecule has 0 bridgehead atoms. The number of hydrogen-bond acceptors (Lipinski definition) is 5. The lowest BCUT2D eigenvalue weighted by atomic mass is 9.77. The lowest BCUT2D eigenvalue weighted by molar-refractivity contribution is -0.00737. The van der Waals surface area contributed by atoms with Gasteiger partial charge in [-0.25, -0.2) is 0 Å². The molecule has 0 spiro atoms. The van der Waals surface area contributed by atoms with E-state index in [0.717, 1.165) is 38.9 Å². The highest BCUT2D eigenvalue weighted by atomic mass is 35.5. The van der Waals surface area contributed by atoms with Crippen LogP contribution in [0.2, 0.25) is 15.1 Å². The van der Waals surface area contributed by atoms with Crippen molar-refractivity contribution in [3.63, 3.8) is 0 Å². The number of carbonyl (C=O) groups excluding carboxylic acids is 1. The Balaban J connectivity index is 1.21. The van der Waals surface area contributed by atoms with E-state index < -0.39 is 18.3 Å². The van der Waals surface area contributed by atoms with E-state index in [1.165, 1.54) is 0 Å². The summed E-state index contributed by atoms with van der Waals surface area (Å²) in [6.07, 6.45) is 2.31. The molecule has 11 heteroatoms. The SMILES string of the molecule is CC1(C)OB(O)c2cc(CNC(=O)c3ccc(C4=NO[C@](C)(c5cc(Cl)c(Cl)c(Cl)c5)C4)c4cccn34)ccc21. The Labute approximate surface area is 246 Å². The van der Waals surface area contributed by atoms with E-state index in [1.54, 1.807) is 18.2 Å². The predicted molar refractivity (Wildman–Crippen MR) is 158 cm³/mol. The summed E-state index contributed by atoms with van der Waals surface area (Å²) in [7, 11) is -0.981. The van der Waals surface area contributed by atoms with Crippen molar-refractivity contribution in [1.29, 1.82) is 0 Å². The molecule has 0 unspecified atom stereocenters. The van der Waals surface area contributed by atoms with Crippen LogP contribution in [0.25, 0.3) is 5.52 Å². The third kappa shape index (κ3) is 4.58. The van der Waals surface area contributed by atoms with Crippen molar-refractivity contribution in [3.05, 3.63) is 104 Å². The normalized spacial score (nSPS) is 19.5. The highest BCUT2D eigenvalue weighted by Crippen LogP contribution is 2.41. The van der Waals surface area contributed by atoms with Crippen LogP contribution in [0.1, 0.15) is 59.9 Å². The van der Waals surface area contributed by atoms with Crippen molar-refractivity contribution in [2.75, 3.05) is 0 Å². The van der Waals surface area contributed by atoms with Gasteiger partial charge in [0.25, 0.3) is 5.91 Å². The van der Waals surface area contributed by atoms with Crippen LogP contribution >= 0.6 is 34.8 Å². The third-order valence-electron chi connectivity index (χ3n) is 7.58. The smallest absolute Gasteiger partial charge is 0.423 e. The Kier molecular flexibility index (Phi) is 6.67. The number of fused-ring (bicyclic) bond motifs is 2. The van der Waals surface area contributed by atoms with Gasteiger partial charge in [0.1, 0.15) is 5.69 Å². The fraction of sp³-hybridized carbons (Fsp3) is 0.241. The first-order chi connectivity index (χ1) is 19.0. The van der Waals surface area contributed by atoms with E-state index >= 15 is 0 Å². The lowest BCUT2D eigenvalue weighted by Gasteiger charge is -2.23. The molecule has 4 heterocycles. The van der Waals surface area contributed by atoms with Gasteiger partial charge in [0, 0.05) is 30.3 Å². The number of hydrogen-bond donors (Lipinski definition) is 2. The summed E-state index contributed by atoms with van der Waals surface area (Å²) >= 11 is 18.7. The third-order valence-corrected chi connectivity index (χ3v) is 8.78. The zero-order chi connectivity index (χ0) is 28.4. The molecule has 2 aliphatic rings. The van der Waals surface area contributed by atoms with Crippen LogP contribution in [0.3, 0.4) is 0 Å². The maximum Gasteiger partial charge on any atom is 0.492 e. The number of oxime groups is 1. The van der Waals surface area contributed by atoms with Crippen LogP contribution in [0.15, 0.2) is 65.9 Å². The highest BCUT2D eigenvalue weighted by molar-refractivity contribution is 6.62. The fourth-order valence-electron chi connectivity index (χ4n) is 5.42. The number of aromatic nitrogens is 1. The predicted octanol–water partition coefficient (Wildman–Crippen LogP) is 5.82. The van der Waals surface area contributed by atoms with Gasteiger partial charge in [-0.2, -0.15) is 0 Å². The van der Waals surface area contributed by atoms with E-state index in [2.05, 4.69) is 10.5 Å². The van der Waals surface area contributed by atoms with Crippen LogP contribution in [-0.4, -0.2) is 28.2 Å². The molecule has 0 radical (unpaired) electrons. The standard InChI is InChI=1S/C29H25BCl3N3O4/c1-28(2)19-8-6-16(11-20(19)30(38)39-28)15-34-27(37)25-9-7-18(24-5-4-10-36(24)25)23-14-29(3,40-35-23)17-12-21(31)26(33)22(32)13-17/h4-13,38H,14-15H2,1-3H3,(H,34,37)/t29-/m0/s1. The quantitative estimate of drug-likeness (QED) is 0.225. The van der Waals surface area contributed by atoms with Gasteiger partial charge in [-0.05, 0) is 73.8 Å². The van der Waals surface area contributed by atoms with Crippen LogP contribution in [0, 0.1) is 0 Å². The second-order valence-corrected chi connectivity index (χ2v) is 12.0. The lowest BCUT2D eigenvalue weighted by Crippen LogP contribution is -2.30. The van der Waals surface area contributed by atoms with E-state index in [-0.39, 0.29) is 5.91 Å². The average molecular weight is 597 g/mol. The molecule has 6 rings (SSSR count). The van der Waals surface area contributed by atoms with Gasteiger partial charge in [0.2, 0.25) is 0 Å². The second kappa shape index (κ2) is 9.82. The topological polar surface area (TPSA) is 84.6 Å². The summed E-state index contributed by atoms with van der Waals surface area (Å²) in [5.74, 6) is -0.231. The van der Waals surface area contributed by atoms with E-state index in [1.807, 2.05) is 67.8 Å². The zero-order valence-corrected chi connectivity index (χ0v) is 24.2. The number of rotatable bonds is 5. The van der Waals surface area contributed by atoms with Crippen molar-refractivity contribution >= 4 is 64.5 Å². The van der Waals surface area contributed by atoms with Crippen LogP contribution in [0.4, 0.5) is 0 Å². The van der Waals surface area contributed by atoms with Gasteiger partial charge in [-0.3, -0.25) is 4.79 Å². The van der Waals surface area contributed by atoms with Crippen molar-refractivity contribution in [2.45, 2.75) is 44.9 Å².